The maximum absolute atomic E-state index is 12.7. The molecule has 0 amide bonds. The zero-order chi connectivity index (χ0) is 37.6. The van der Waals surface area contributed by atoms with Crippen LogP contribution in [-0.2, 0) is 14.3 Å². The topological polar surface area (TPSA) is 52.6 Å². The monoisotopic (exact) mass is 706 g/mol. The summed E-state index contributed by atoms with van der Waals surface area (Å²) in [7, 11) is 0. The average Bonchev–Trinajstić information content (AvgIpc) is 3.14. The van der Waals surface area contributed by atoms with Gasteiger partial charge in [-0.25, -0.2) is 9.59 Å². The van der Waals surface area contributed by atoms with Gasteiger partial charge in [0.1, 0.15) is 5.75 Å². The maximum Gasteiger partial charge on any atom is 0.338 e. The van der Waals surface area contributed by atoms with E-state index < -0.39 is 11.9 Å². The van der Waals surface area contributed by atoms with Crippen LogP contribution in [-0.4, -0.2) is 18.5 Å². The van der Waals surface area contributed by atoms with Crippen LogP contribution in [0.3, 0.4) is 0 Å². The molecule has 4 nitrogen and oxygen atoms in total. The minimum Gasteiger partial charge on any atom is -0.462 e. The molecule has 0 spiro atoms. The third-order valence-electron chi connectivity index (χ3n) is 8.04. The van der Waals surface area contributed by atoms with Gasteiger partial charge in [-0.05, 0) is 56.4 Å². The highest BCUT2D eigenvalue weighted by Gasteiger charge is 2.13. The van der Waals surface area contributed by atoms with Gasteiger partial charge in [-0.1, -0.05) is 206 Å². The first-order valence-electron chi connectivity index (χ1n) is 19.8. The fourth-order valence-electron chi connectivity index (χ4n) is 5.12. The van der Waals surface area contributed by atoms with Crippen molar-refractivity contribution in [3.8, 4) is 5.75 Å². The van der Waals surface area contributed by atoms with E-state index in [1.165, 1.54) is 96.0 Å². The Kier molecular flexibility index (Phi) is 30.7. The fraction of sp³-hybridized carbons (Fsp3) is 0.417. The van der Waals surface area contributed by atoms with Gasteiger partial charge in [0.2, 0.25) is 0 Å². The van der Waals surface area contributed by atoms with Crippen LogP contribution >= 0.6 is 0 Å². The van der Waals surface area contributed by atoms with Crippen LogP contribution in [0.5, 0.6) is 5.75 Å². The molecule has 0 saturated heterocycles. The number of esters is 2. The van der Waals surface area contributed by atoms with E-state index in [2.05, 4.69) is 38.2 Å². The van der Waals surface area contributed by atoms with Gasteiger partial charge in [0.05, 0.1) is 12.2 Å². The summed E-state index contributed by atoms with van der Waals surface area (Å²) in [6.45, 7) is 6.56. The second-order valence-electron chi connectivity index (χ2n) is 12.6. The second-order valence-corrected chi connectivity index (χ2v) is 12.6. The van der Waals surface area contributed by atoms with Crippen molar-refractivity contribution < 1.29 is 19.1 Å². The standard InChI is InChI=1S/C48H66O4/c1-4-7-9-11-13-15-17-19-21-23-25-27-29-31-33-35-37-39-47(49)52-45-42-40-44(41-43-45)46(48(50)51-6-3)38-36-34-32-30-28-26-24-22-20-18-16-14-12-10-8-5-2/h21-43H,4-20H2,1-3H3. The zero-order valence-electron chi connectivity index (χ0n) is 32.4. The number of rotatable bonds is 29. The number of carbonyl (C=O) groups is 2. The molecule has 282 valence electrons. The predicted molar refractivity (Wildman–Crippen MR) is 224 cm³/mol. The van der Waals surface area contributed by atoms with E-state index in [1.807, 2.05) is 60.8 Å². The third-order valence-corrected chi connectivity index (χ3v) is 8.04. The molecule has 0 N–H and O–H groups in total. The van der Waals surface area contributed by atoms with E-state index in [0.717, 1.165) is 12.8 Å². The van der Waals surface area contributed by atoms with E-state index in [1.54, 1.807) is 55.5 Å². The minimum absolute atomic E-state index is 0.275. The summed E-state index contributed by atoms with van der Waals surface area (Å²) in [4.78, 5) is 24.9. The van der Waals surface area contributed by atoms with Crippen LogP contribution < -0.4 is 4.74 Å². The van der Waals surface area contributed by atoms with Crippen molar-refractivity contribution in [3.05, 3.63) is 145 Å². The van der Waals surface area contributed by atoms with Crippen LogP contribution in [0.1, 0.15) is 129 Å². The molecule has 0 unspecified atom stereocenters. The summed E-state index contributed by atoms with van der Waals surface area (Å²) >= 11 is 0. The fourth-order valence-corrected chi connectivity index (χ4v) is 5.12. The molecule has 1 rings (SSSR count). The van der Waals surface area contributed by atoms with Gasteiger partial charge >= 0.3 is 11.9 Å². The largest absolute Gasteiger partial charge is 0.462 e. The van der Waals surface area contributed by atoms with Crippen molar-refractivity contribution in [3.63, 3.8) is 0 Å². The summed E-state index contributed by atoms with van der Waals surface area (Å²) in [6.07, 6.45) is 57.3. The molecule has 1 aromatic rings. The van der Waals surface area contributed by atoms with Crippen molar-refractivity contribution in [2.24, 2.45) is 0 Å². The van der Waals surface area contributed by atoms with Crippen LogP contribution in [0.4, 0.5) is 0 Å². The Morgan fingerprint density at radius 1 is 0.500 bits per heavy atom. The number of carbonyl (C=O) groups excluding carboxylic acids is 2. The first kappa shape index (κ1) is 45.6. The van der Waals surface area contributed by atoms with Gasteiger partial charge in [0.25, 0.3) is 0 Å². The number of hydrogen-bond acceptors (Lipinski definition) is 4. The van der Waals surface area contributed by atoms with Crippen LogP contribution in [0, 0.1) is 0 Å². The molecular formula is C48H66O4. The van der Waals surface area contributed by atoms with E-state index in [-0.39, 0.29) is 6.61 Å². The number of ether oxygens (including phenoxy) is 2. The average molecular weight is 707 g/mol. The Balaban J connectivity index is 2.47. The lowest BCUT2D eigenvalue weighted by Crippen LogP contribution is -2.07. The Labute approximate surface area is 316 Å². The smallest absolute Gasteiger partial charge is 0.338 e. The SMILES string of the molecule is CCCCCCCCCC=CC=CC=CC=CC=CC(=O)Oc1ccc(C(=CC=CC=CC=CC=CCCCCCCCCC)C(=O)OCC)cc1. The molecule has 4 heteroatoms. The summed E-state index contributed by atoms with van der Waals surface area (Å²) in [5, 5.41) is 0. The quantitative estimate of drug-likeness (QED) is 0.0274. The first-order valence-corrected chi connectivity index (χ1v) is 19.8. The third kappa shape index (κ3) is 27.3. The number of benzene rings is 1. The normalized spacial score (nSPS) is 13.0. The Morgan fingerprint density at radius 2 is 0.923 bits per heavy atom. The molecule has 0 aliphatic carbocycles. The minimum atomic E-state index is -0.485. The maximum atomic E-state index is 12.7. The lowest BCUT2D eigenvalue weighted by Gasteiger charge is -2.08. The van der Waals surface area contributed by atoms with E-state index in [9.17, 15) is 9.59 Å². The molecule has 52 heavy (non-hydrogen) atoms. The number of unbranched alkanes of at least 4 members (excludes halogenated alkanes) is 14. The van der Waals surface area contributed by atoms with E-state index in [0.29, 0.717) is 16.9 Å². The molecule has 1 aromatic carbocycles. The van der Waals surface area contributed by atoms with E-state index in [4.69, 9.17) is 9.47 Å². The highest BCUT2D eigenvalue weighted by molar-refractivity contribution is 6.16. The Bertz CT molecular complexity index is 1360. The number of allylic oxidation sites excluding steroid dienone is 18. The van der Waals surface area contributed by atoms with E-state index >= 15 is 0 Å². The van der Waals surface area contributed by atoms with Gasteiger partial charge in [-0.2, -0.15) is 0 Å². The molecule has 0 atom stereocenters. The lowest BCUT2D eigenvalue weighted by molar-refractivity contribution is -0.136. The summed E-state index contributed by atoms with van der Waals surface area (Å²) in [5.74, 6) is -0.514. The highest BCUT2D eigenvalue weighted by atomic mass is 16.5. The van der Waals surface area contributed by atoms with Gasteiger partial charge < -0.3 is 9.47 Å². The first-order chi connectivity index (χ1) is 25.6. The van der Waals surface area contributed by atoms with Crippen molar-refractivity contribution in [1.82, 2.24) is 0 Å². The van der Waals surface area contributed by atoms with Crippen LogP contribution in [0.15, 0.2) is 140 Å². The summed E-state index contributed by atoms with van der Waals surface area (Å²) < 4.78 is 10.7. The molecular weight excluding hydrogens is 641 g/mol. The molecule has 0 saturated carbocycles. The zero-order valence-corrected chi connectivity index (χ0v) is 32.4. The molecule has 0 aliphatic rings. The molecule has 0 aliphatic heterocycles. The van der Waals surface area contributed by atoms with Gasteiger partial charge in [0, 0.05) is 6.08 Å². The van der Waals surface area contributed by atoms with Crippen LogP contribution in [0.25, 0.3) is 5.57 Å². The van der Waals surface area contributed by atoms with Crippen molar-refractivity contribution >= 4 is 17.5 Å². The summed E-state index contributed by atoms with van der Waals surface area (Å²) in [5.41, 5.74) is 1.08. The Morgan fingerprint density at radius 3 is 1.40 bits per heavy atom. The number of hydrogen-bond donors (Lipinski definition) is 0. The van der Waals surface area contributed by atoms with Crippen molar-refractivity contribution in [2.75, 3.05) is 6.61 Å². The van der Waals surface area contributed by atoms with Crippen molar-refractivity contribution in [2.45, 2.75) is 124 Å². The Hall–Kier alpha value is -4.44. The second kappa shape index (κ2) is 35.0. The van der Waals surface area contributed by atoms with Gasteiger partial charge in [0.15, 0.2) is 0 Å². The molecule has 0 heterocycles. The van der Waals surface area contributed by atoms with Gasteiger partial charge in [-0.3, -0.25) is 0 Å². The summed E-state index contributed by atoms with van der Waals surface area (Å²) in [6, 6.07) is 6.81. The van der Waals surface area contributed by atoms with Gasteiger partial charge in [-0.15, -0.1) is 0 Å². The molecule has 0 fully saturated rings. The molecule has 0 aromatic heterocycles. The highest BCUT2D eigenvalue weighted by Crippen LogP contribution is 2.21. The lowest BCUT2D eigenvalue weighted by atomic mass is 10.1. The van der Waals surface area contributed by atoms with Crippen molar-refractivity contribution in [1.29, 1.82) is 0 Å². The predicted octanol–water partition coefficient (Wildman–Crippen LogP) is 13.8. The van der Waals surface area contributed by atoms with Crippen LogP contribution in [0.2, 0.25) is 0 Å². The molecule has 0 bridgehead atoms. The molecule has 0 radical (unpaired) electrons.